The Labute approximate surface area is 210 Å². The summed E-state index contributed by atoms with van der Waals surface area (Å²) in [6.45, 7) is 8.62. The summed E-state index contributed by atoms with van der Waals surface area (Å²) in [5.74, 6) is 6.33. The predicted octanol–water partition coefficient (Wildman–Crippen LogP) is 6.46. The van der Waals surface area contributed by atoms with E-state index in [2.05, 4.69) is 74.3 Å². The second kappa shape index (κ2) is 9.61. The maximum Gasteiger partial charge on any atom is 0.284 e. The summed E-state index contributed by atoms with van der Waals surface area (Å²) in [5.41, 5.74) is 2.90. The van der Waals surface area contributed by atoms with Crippen LogP contribution in [0, 0.1) is 34.2 Å². The summed E-state index contributed by atoms with van der Waals surface area (Å²) in [4.78, 5) is 0. The average Bonchev–Trinajstić information content (AvgIpc) is 2.86. The van der Waals surface area contributed by atoms with E-state index >= 15 is 0 Å². The van der Waals surface area contributed by atoms with Crippen molar-refractivity contribution < 1.29 is 8.42 Å². The molecule has 2 aromatic rings. The fourth-order valence-corrected chi connectivity index (χ4v) is 5.28. The molecule has 4 atom stereocenters. The summed E-state index contributed by atoms with van der Waals surface area (Å²) in [5, 5.41) is 4.91. The third kappa shape index (κ3) is 4.97. The Balaban J connectivity index is 1.68. The first-order valence-electron chi connectivity index (χ1n) is 11.9. The van der Waals surface area contributed by atoms with E-state index in [1.54, 1.807) is 0 Å². The number of hydrogen-bond acceptors (Lipinski definition) is 2. The number of benzene rings is 2. The second-order valence-corrected chi connectivity index (χ2v) is 11.1. The molecule has 0 N–H and O–H groups in total. The van der Waals surface area contributed by atoms with Gasteiger partial charge in [0.25, 0.3) is 9.84 Å². The lowest BCUT2D eigenvalue weighted by atomic mass is 9.69. The van der Waals surface area contributed by atoms with Crippen LogP contribution in [0.5, 0.6) is 0 Å². The van der Waals surface area contributed by atoms with E-state index in [-0.39, 0.29) is 22.7 Å². The van der Waals surface area contributed by atoms with Gasteiger partial charge < -0.3 is 0 Å². The van der Waals surface area contributed by atoms with E-state index in [0.29, 0.717) is 11.1 Å². The van der Waals surface area contributed by atoms with Crippen LogP contribution in [0.1, 0.15) is 49.9 Å². The summed E-state index contributed by atoms with van der Waals surface area (Å²) >= 11 is 0. The molecule has 0 spiro atoms. The SMILES string of the molecule is CC1C=CC=CC1(C)c1ccccc1C#CS(=O)(=O)C#Cc1ccccc1C1(C)C=CC=CC1C. The van der Waals surface area contributed by atoms with Crippen LogP contribution in [-0.2, 0) is 20.7 Å². The van der Waals surface area contributed by atoms with Gasteiger partial charge in [0.15, 0.2) is 0 Å². The first kappa shape index (κ1) is 24.6. The zero-order chi connectivity index (χ0) is 25.1. The van der Waals surface area contributed by atoms with Gasteiger partial charge in [0.1, 0.15) is 0 Å². The van der Waals surface area contributed by atoms with Crippen LogP contribution >= 0.6 is 0 Å². The lowest BCUT2D eigenvalue weighted by Gasteiger charge is -2.34. The predicted molar refractivity (Wildman–Crippen MR) is 145 cm³/mol. The maximum absolute atomic E-state index is 12.8. The maximum atomic E-state index is 12.8. The molecule has 4 rings (SSSR count). The van der Waals surface area contributed by atoms with Gasteiger partial charge in [0.05, 0.1) is 0 Å². The highest BCUT2D eigenvalue weighted by atomic mass is 32.2. The van der Waals surface area contributed by atoms with Crippen LogP contribution in [0.2, 0.25) is 0 Å². The molecule has 2 aliphatic rings. The molecule has 3 heteroatoms. The Bertz CT molecular complexity index is 1370. The highest BCUT2D eigenvalue weighted by Crippen LogP contribution is 2.39. The molecule has 0 saturated carbocycles. The molecular weight excluding hydrogens is 448 g/mol. The molecule has 176 valence electrons. The molecule has 2 nitrogen and oxygen atoms in total. The number of allylic oxidation sites excluding steroid dienone is 8. The van der Waals surface area contributed by atoms with Gasteiger partial charge in [-0.1, -0.05) is 113 Å². The van der Waals surface area contributed by atoms with Crippen molar-refractivity contribution in [2.45, 2.75) is 38.5 Å². The zero-order valence-corrected chi connectivity index (χ0v) is 21.4. The van der Waals surface area contributed by atoms with Gasteiger partial charge in [-0.25, -0.2) is 8.42 Å². The van der Waals surface area contributed by atoms with E-state index in [4.69, 9.17) is 0 Å². The van der Waals surface area contributed by atoms with E-state index < -0.39 is 9.84 Å². The van der Waals surface area contributed by atoms with E-state index in [1.807, 2.05) is 72.8 Å². The van der Waals surface area contributed by atoms with Crippen LogP contribution < -0.4 is 0 Å². The molecule has 0 saturated heterocycles. The lowest BCUT2D eigenvalue weighted by molar-refractivity contribution is 0.457. The second-order valence-electron chi connectivity index (χ2n) is 9.68. The molecule has 0 radical (unpaired) electrons. The van der Waals surface area contributed by atoms with Crippen LogP contribution in [0.4, 0.5) is 0 Å². The molecule has 0 amide bonds. The molecule has 0 fully saturated rings. The molecule has 4 unspecified atom stereocenters. The van der Waals surface area contributed by atoms with Crippen molar-refractivity contribution in [3.05, 3.63) is 119 Å². The van der Waals surface area contributed by atoms with Crippen molar-refractivity contribution in [2.75, 3.05) is 0 Å². The Morgan fingerprint density at radius 1 is 0.657 bits per heavy atom. The Morgan fingerprint density at radius 2 is 1.06 bits per heavy atom. The van der Waals surface area contributed by atoms with Crippen LogP contribution in [0.3, 0.4) is 0 Å². The van der Waals surface area contributed by atoms with Crippen LogP contribution in [0.15, 0.2) is 97.1 Å². The first-order chi connectivity index (χ1) is 16.7. The quantitative estimate of drug-likeness (QED) is 0.464. The Morgan fingerprint density at radius 3 is 1.46 bits per heavy atom. The van der Waals surface area contributed by atoms with E-state index in [9.17, 15) is 8.42 Å². The van der Waals surface area contributed by atoms with Crippen molar-refractivity contribution in [1.29, 1.82) is 0 Å². The van der Waals surface area contributed by atoms with Gasteiger partial charge in [-0.15, -0.1) is 0 Å². The van der Waals surface area contributed by atoms with Crippen molar-refractivity contribution >= 4 is 9.84 Å². The standard InChI is InChI=1S/C32H30O2S/c1-25-13-9-11-21-31(25,3)29-17-7-5-15-27(29)19-23-35(33,34)24-20-28-16-6-8-18-30(28)32(4)22-12-10-14-26(32)2/h5-18,21-22,25-26H,1-4H3. The van der Waals surface area contributed by atoms with E-state index in [0.717, 1.165) is 11.1 Å². The number of hydrogen-bond donors (Lipinski definition) is 0. The third-order valence-corrected chi connectivity index (χ3v) is 8.20. The fraction of sp³-hybridized carbons (Fsp3) is 0.250. The minimum Gasteiger partial charge on any atom is -0.202 e. The topological polar surface area (TPSA) is 34.1 Å². The highest BCUT2D eigenvalue weighted by Gasteiger charge is 2.33. The number of sulfone groups is 1. The zero-order valence-electron chi connectivity index (χ0n) is 20.6. The van der Waals surface area contributed by atoms with Crippen molar-refractivity contribution in [3.8, 4) is 22.3 Å². The third-order valence-electron chi connectivity index (χ3n) is 7.45. The Kier molecular flexibility index (Phi) is 6.75. The van der Waals surface area contributed by atoms with Gasteiger partial charge in [-0.3, -0.25) is 0 Å². The van der Waals surface area contributed by atoms with Gasteiger partial charge in [-0.05, 0) is 46.9 Å². The van der Waals surface area contributed by atoms with Gasteiger partial charge in [0, 0.05) is 32.5 Å². The van der Waals surface area contributed by atoms with Crippen molar-refractivity contribution in [1.82, 2.24) is 0 Å². The smallest absolute Gasteiger partial charge is 0.202 e. The molecule has 2 aliphatic carbocycles. The summed E-state index contributed by atoms with van der Waals surface area (Å²) < 4.78 is 25.7. The van der Waals surface area contributed by atoms with Crippen molar-refractivity contribution in [3.63, 3.8) is 0 Å². The van der Waals surface area contributed by atoms with Gasteiger partial charge >= 0.3 is 0 Å². The molecule has 0 aromatic heterocycles. The summed E-state index contributed by atoms with van der Waals surface area (Å²) in [6.07, 6.45) is 16.8. The van der Waals surface area contributed by atoms with Crippen LogP contribution in [-0.4, -0.2) is 8.42 Å². The molecular formula is C32H30O2S. The van der Waals surface area contributed by atoms with Gasteiger partial charge in [0.2, 0.25) is 0 Å². The largest absolute Gasteiger partial charge is 0.284 e. The van der Waals surface area contributed by atoms with Gasteiger partial charge in [-0.2, -0.15) is 0 Å². The summed E-state index contributed by atoms with van der Waals surface area (Å²) in [7, 11) is -3.93. The highest BCUT2D eigenvalue weighted by molar-refractivity contribution is 8.00. The van der Waals surface area contributed by atoms with Crippen LogP contribution in [0.25, 0.3) is 0 Å². The monoisotopic (exact) mass is 478 g/mol. The summed E-state index contributed by atoms with van der Waals surface area (Å²) in [6, 6.07) is 15.5. The Hall–Kier alpha value is -3.53. The minimum atomic E-state index is -3.93. The molecule has 35 heavy (non-hydrogen) atoms. The molecule has 2 aromatic carbocycles. The molecule has 0 aliphatic heterocycles. The minimum absolute atomic E-state index is 0.260. The van der Waals surface area contributed by atoms with Crippen molar-refractivity contribution in [2.24, 2.45) is 11.8 Å². The number of rotatable bonds is 2. The first-order valence-corrected chi connectivity index (χ1v) is 13.4. The molecule has 0 bridgehead atoms. The normalized spacial score (nSPS) is 27.0. The van der Waals surface area contributed by atoms with E-state index in [1.165, 1.54) is 0 Å². The lowest BCUT2D eigenvalue weighted by Crippen LogP contribution is -2.29. The fourth-order valence-electron chi connectivity index (χ4n) is 4.74. The average molecular weight is 479 g/mol. The molecule has 0 heterocycles.